The van der Waals surface area contributed by atoms with E-state index in [1.807, 2.05) is 6.07 Å². The zero-order valence-corrected chi connectivity index (χ0v) is 12.6. The van der Waals surface area contributed by atoms with Crippen LogP contribution in [0.1, 0.15) is 5.82 Å². The fraction of sp³-hybridized carbons (Fsp3) is 0.118. The molecule has 7 heteroatoms. The number of nitrogens with zero attached hydrogens (tertiary/aromatic N) is 2. The minimum absolute atomic E-state index is 0.178. The van der Waals surface area contributed by atoms with Crippen LogP contribution in [0.25, 0.3) is 21.9 Å². The maximum absolute atomic E-state index is 13.2. The first-order valence-electron chi connectivity index (χ1n) is 7.56. The van der Waals surface area contributed by atoms with Crippen molar-refractivity contribution < 1.29 is 4.39 Å². The maximum atomic E-state index is 13.2. The van der Waals surface area contributed by atoms with Crippen LogP contribution in [0.15, 0.2) is 47.3 Å². The quantitative estimate of drug-likeness (QED) is 0.539. The highest BCUT2D eigenvalue weighted by atomic mass is 19.1. The van der Waals surface area contributed by atoms with E-state index in [4.69, 9.17) is 0 Å². The van der Waals surface area contributed by atoms with Gasteiger partial charge in [-0.3, -0.25) is 9.78 Å². The molecule has 0 radical (unpaired) electrons. The fourth-order valence-corrected chi connectivity index (χ4v) is 2.62. The van der Waals surface area contributed by atoms with Crippen molar-refractivity contribution in [1.29, 1.82) is 0 Å². The molecule has 0 fully saturated rings. The number of halogens is 1. The van der Waals surface area contributed by atoms with Crippen molar-refractivity contribution in [2.45, 2.75) is 6.42 Å². The van der Waals surface area contributed by atoms with Crippen molar-refractivity contribution in [3.63, 3.8) is 0 Å². The number of hydrogen-bond donors (Lipinski definition) is 3. The molecule has 0 aliphatic rings. The Balaban J connectivity index is 1.49. The lowest BCUT2D eigenvalue weighted by Crippen LogP contribution is -2.15. The summed E-state index contributed by atoms with van der Waals surface area (Å²) in [6.45, 7) is 0.531. The zero-order valence-electron chi connectivity index (χ0n) is 12.6. The molecule has 24 heavy (non-hydrogen) atoms. The first kappa shape index (κ1) is 14.4. The van der Waals surface area contributed by atoms with E-state index in [0.717, 1.165) is 11.3 Å². The van der Waals surface area contributed by atoms with E-state index in [1.165, 1.54) is 12.1 Å². The molecule has 2 aromatic heterocycles. The predicted octanol–water partition coefficient (Wildman–Crippen LogP) is 2.59. The van der Waals surface area contributed by atoms with E-state index >= 15 is 0 Å². The van der Waals surface area contributed by atoms with Crippen molar-refractivity contribution in [1.82, 2.24) is 19.9 Å². The Morgan fingerprint density at radius 1 is 1.04 bits per heavy atom. The number of anilines is 1. The van der Waals surface area contributed by atoms with Gasteiger partial charge in [0.15, 0.2) is 0 Å². The van der Waals surface area contributed by atoms with E-state index < -0.39 is 0 Å². The van der Waals surface area contributed by atoms with Crippen LogP contribution in [0.5, 0.6) is 0 Å². The van der Waals surface area contributed by atoms with Gasteiger partial charge in [0.2, 0.25) is 5.95 Å². The maximum Gasteiger partial charge on any atom is 0.260 e. The molecule has 0 amide bonds. The second-order valence-electron chi connectivity index (χ2n) is 5.45. The molecular formula is C17H14FN5O. The van der Waals surface area contributed by atoms with Crippen molar-refractivity contribution in [3.05, 3.63) is 64.5 Å². The number of fused-ring (bicyclic) bond motifs is 2. The standard InChI is InChI=1S/C17H14FN5O/c18-10-5-6-13-14(9-10)21-15(20-13)7-8-19-17-22-12-4-2-1-3-11(12)16(24)23-17/h1-6,9H,7-8H2,(H,20,21)(H2,19,22,23,24). The average molecular weight is 323 g/mol. The summed E-state index contributed by atoms with van der Waals surface area (Å²) >= 11 is 0. The first-order valence-corrected chi connectivity index (χ1v) is 7.56. The zero-order chi connectivity index (χ0) is 16.5. The number of H-pyrrole nitrogens is 2. The van der Waals surface area contributed by atoms with Crippen LogP contribution in [0, 0.1) is 5.82 Å². The Kier molecular flexibility index (Phi) is 3.45. The number of aromatic amines is 2. The molecule has 2 heterocycles. The second-order valence-corrected chi connectivity index (χ2v) is 5.45. The van der Waals surface area contributed by atoms with Gasteiger partial charge in [0.25, 0.3) is 5.56 Å². The topological polar surface area (TPSA) is 86.5 Å². The molecule has 0 bridgehead atoms. The molecule has 6 nitrogen and oxygen atoms in total. The Labute approximate surface area is 135 Å². The first-order chi connectivity index (χ1) is 11.7. The number of imidazole rings is 1. The van der Waals surface area contributed by atoms with Crippen LogP contribution in [-0.2, 0) is 6.42 Å². The SMILES string of the molecule is O=c1[nH]c(NCCc2nc3ccc(F)cc3[nH]2)nc2ccccc12. The molecule has 0 saturated heterocycles. The summed E-state index contributed by atoms with van der Waals surface area (Å²) in [6, 6.07) is 11.6. The molecular weight excluding hydrogens is 309 g/mol. The van der Waals surface area contributed by atoms with Crippen molar-refractivity contribution >= 4 is 27.9 Å². The van der Waals surface area contributed by atoms with Crippen LogP contribution in [0.4, 0.5) is 10.3 Å². The average Bonchev–Trinajstić information content (AvgIpc) is 2.97. The molecule has 0 aliphatic carbocycles. The highest BCUT2D eigenvalue weighted by Gasteiger charge is 2.05. The Hall–Kier alpha value is -3.22. The normalized spacial score (nSPS) is 11.2. The number of nitrogens with one attached hydrogen (secondary N) is 3. The summed E-state index contributed by atoms with van der Waals surface area (Å²) in [6.07, 6.45) is 0.590. The molecule has 120 valence electrons. The molecule has 0 spiro atoms. The highest BCUT2D eigenvalue weighted by molar-refractivity contribution is 5.78. The number of aromatic nitrogens is 4. The molecule has 4 rings (SSSR count). The molecule has 0 atom stereocenters. The van der Waals surface area contributed by atoms with Crippen LogP contribution in [0.3, 0.4) is 0 Å². The third kappa shape index (κ3) is 2.71. The molecule has 4 aromatic rings. The van der Waals surface area contributed by atoms with E-state index in [1.54, 1.807) is 24.3 Å². The van der Waals surface area contributed by atoms with Crippen LogP contribution < -0.4 is 10.9 Å². The minimum Gasteiger partial charge on any atom is -0.355 e. The lowest BCUT2D eigenvalue weighted by Gasteiger charge is -2.05. The van der Waals surface area contributed by atoms with Gasteiger partial charge >= 0.3 is 0 Å². The van der Waals surface area contributed by atoms with E-state index in [0.29, 0.717) is 35.3 Å². The number of rotatable bonds is 4. The third-order valence-corrected chi connectivity index (χ3v) is 3.76. The van der Waals surface area contributed by atoms with Gasteiger partial charge in [0.1, 0.15) is 11.6 Å². The summed E-state index contributed by atoms with van der Waals surface area (Å²) in [5.41, 5.74) is 1.86. The van der Waals surface area contributed by atoms with E-state index in [-0.39, 0.29) is 11.4 Å². The van der Waals surface area contributed by atoms with Crippen LogP contribution in [0.2, 0.25) is 0 Å². The number of benzene rings is 2. The Morgan fingerprint density at radius 3 is 2.83 bits per heavy atom. The molecule has 2 aromatic carbocycles. The van der Waals surface area contributed by atoms with Gasteiger partial charge in [-0.05, 0) is 30.3 Å². The van der Waals surface area contributed by atoms with Gasteiger partial charge in [0.05, 0.1) is 21.9 Å². The number of hydrogen-bond acceptors (Lipinski definition) is 4. The summed E-state index contributed by atoms with van der Waals surface area (Å²) in [4.78, 5) is 26.6. The third-order valence-electron chi connectivity index (χ3n) is 3.76. The highest BCUT2D eigenvalue weighted by Crippen LogP contribution is 2.13. The van der Waals surface area contributed by atoms with Gasteiger partial charge in [-0.25, -0.2) is 14.4 Å². The lowest BCUT2D eigenvalue weighted by atomic mass is 10.2. The summed E-state index contributed by atoms with van der Waals surface area (Å²) < 4.78 is 13.2. The van der Waals surface area contributed by atoms with Crippen molar-refractivity contribution in [2.24, 2.45) is 0 Å². The van der Waals surface area contributed by atoms with Gasteiger partial charge in [-0.15, -0.1) is 0 Å². The Morgan fingerprint density at radius 2 is 1.92 bits per heavy atom. The fourth-order valence-electron chi connectivity index (χ4n) is 2.62. The molecule has 0 unspecified atom stereocenters. The largest absolute Gasteiger partial charge is 0.355 e. The monoisotopic (exact) mass is 323 g/mol. The van der Waals surface area contributed by atoms with E-state index in [2.05, 4.69) is 25.3 Å². The summed E-state index contributed by atoms with van der Waals surface area (Å²) in [7, 11) is 0. The lowest BCUT2D eigenvalue weighted by molar-refractivity contribution is 0.629. The van der Waals surface area contributed by atoms with E-state index in [9.17, 15) is 9.18 Å². The van der Waals surface area contributed by atoms with Gasteiger partial charge < -0.3 is 10.3 Å². The predicted molar refractivity (Wildman–Crippen MR) is 90.6 cm³/mol. The summed E-state index contributed by atoms with van der Waals surface area (Å²) in [5.74, 6) is 0.862. The van der Waals surface area contributed by atoms with Crippen molar-refractivity contribution in [2.75, 3.05) is 11.9 Å². The smallest absolute Gasteiger partial charge is 0.260 e. The van der Waals surface area contributed by atoms with Gasteiger partial charge in [0, 0.05) is 13.0 Å². The van der Waals surface area contributed by atoms with Crippen LogP contribution >= 0.6 is 0 Å². The van der Waals surface area contributed by atoms with Crippen LogP contribution in [-0.4, -0.2) is 26.5 Å². The second kappa shape index (κ2) is 5.77. The minimum atomic E-state index is -0.297. The molecule has 3 N–H and O–H groups in total. The number of para-hydroxylation sites is 1. The molecule has 0 saturated carbocycles. The molecule has 0 aliphatic heterocycles. The Bertz CT molecular complexity index is 1090. The van der Waals surface area contributed by atoms with Gasteiger partial charge in [-0.1, -0.05) is 12.1 Å². The summed E-state index contributed by atoms with van der Waals surface area (Å²) in [5, 5.41) is 3.64. The van der Waals surface area contributed by atoms with Gasteiger partial charge in [-0.2, -0.15) is 0 Å². The van der Waals surface area contributed by atoms with Crippen molar-refractivity contribution in [3.8, 4) is 0 Å².